The van der Waals surface area contributed by atoms with Crippen LogP contribution in [0.5, 0.6) is 11.5 Å². The standard InChI is InChI=1S/C15H23NO2/c1-3-16-12-7-6-8-13(11-12)18-15-10-5-4-9-14(15)17-2/h4-5,9-10,12-13,16H,3,6-8,11H2,1-2H3. The van der Waals surface area contributed by atoms with E-state index >= 15 is 0 Å². The zero-order valence-electron chi connectivity index (χ0n) is 11.3. The summed E-state index contributed by atoms with van der Waals surface area (Å²) in [5.74, 6) is 1.69. The summed E-state index contributed by atoms with van der Waals surface area (Å²) in [5, 5.41) is 3.52. The minimum Gasteiger partial charge on any atom is -0.493 e. The molecule has 0 bridgehead atoms. The summed E-state index contributed by atoms with van der Waals surface area (Å²) in [6, 6.07) is 8.48. The van der Waals surface area contributed by atoms with Crippen LogP contribution in [0.25, 0.3) is 0 Å². The first kappa shape index (κ1) is 13.2. The number of methoxy groups -OCH3 is 1. The second-order valence-electron chi connectivity index (χ2n) is 4.81. The molecule has 0 amide bonds. The molecule has 1 aromatic carbocycles. The Morgan fingerprint density at radius 2 is 2.00 bits per heavy atom. The first-order chi connectivity index (χ1) is 8.83. The second-order valence-corrected chi connectivity index (χ2v) is 4.81. The smallest absolute Gasteiger partial charge is 0.161 e. The Bertz CT molecular complexity index is 365. The number of para-hydroxylation sites is 2. The van der Waals surface area contributed by atoms with E-state index in [1.54, 1.807) is 7.11 Å². The predicted molar refractivity (Wildman–Crippen MR) is 73.3 cm³/mol. The number of ether oxygens (including phenoxy) is 2. The van der Waals surface area contributed by atoms with Gasteiger partial charge in [0.15, 0.2) is 11.5 Å². The molecule has 18 heavy (non-hydrogen) atoms. The van der Waals surface area contributed by atoms with Gasteiger partial charge in [-0.15, -0.1) is 0 Å². The molecule has 2 rings (SSSR count). The molecule has 0 saturated heterocycles. The van der Waals surface area contributed by atoms with Crippen molar-refractivity contribution in [2.45, 2.75) is 44.8 Å². The van der Waals surface area contributed by atoms with Gasteiger partial charge in [0.05, 0.1) is 7.11 Å². The molecular weight excluding hydrogens is 226 g/mol. The largest absolute Gasteiger partial charge is 0.493 e. The average molecular weight is 249 g/mol. The highest BCUT2D eigenvalue weighted by molar-refractivity contribution is 5.39. The number of rotatable bonds is 5. The number of hydrogen-bond acceptors (Lipinski definition) is 3. The summed E-state index contributed by atoms with van der Waals surface area (Å²) in [4.78, 5) is 0. The van der Waals surface area contributed by atoms with Gasteiger partial charge in [0.25, 0.3) is 0 Å². The lowest BCUT2D eigenvalue weighted by Gasteiger charge is -2.30. The first-order valence-electron chi connectivity index (χ1n) is 6.86. The van der Waals surface area contributed by atoms with Gasteiger partial charge >= 0.3 is 0 Å². The minimum absolute atomic E-state index is 0.305. The molecule has 1 fully saturated rings. The van der Waals surface area contributed by atoms with Crippen LogP contribution in [-0.4, -0.2) is 25.8 Å². The van der Waals surface area contributed by atoms with Gasteiger partial charge in [-0.1, -0.05) is 19.1 Å². The summed E-state index contributed by atoms with van der Waals surface area (Å²) < 4.78 is 11.4. The molecular formula is C15H23NO2. The molecule has 3 heteroatoms. The average Bonchev–Trinajstić information content (AvgIpc) is 2.40. The van der Waals surface area contributed by atoms with E-state index in [1.165, 1.54) is 12.8 Å². The van der Waals surface area contributed by atoms with Crippen LogP contribution >= 0.6 is 0 Å². The molecule has 0 heterocycles. The summed E-state index contributed by atoms with van der Waals surface area (Å²) in [6.07, 6.45) is 5.03. The maximum Gasteiger partial charge on any atom is 0.161 e. The monoisotopic (exact) mass is 249 g/mol. The highest BCUT2D eigenvalue weighted by atomic mass is 16.5. The van der Waals surface area contributed by atoms with Gasteiger partial charge in [-0.05, 0) is 44.4 Å². The number of benzene rings is 1. The molecule has 0 spiro atoms. The molecule has 1 aliphatic rings. The van der Waals surface area contributed by atoms with E-state index in [0.29, 0.717) is 12.1 Å². The predicted octanol–water partition coefficient (Wildman–Crippen LogP) is 2.99. The fourth-order valence-corrected chi connectivity index (χ4v) is 2.62. The molecule has 0 aliphatic heterocycles. The van der Waals surface area contributed by atoms with E-state index in [2.05, 4.69) is 12.2 Å². The van der Waals surface area contributed by atoms with E-state index in [1.807, 2.05) is 24.3 Å². The van der Waals surface area contributed by atoms with Crippen molar-refractivity contribution in [3.8, 4) is 11.5 Å². The fraction of sp³-hybridized carbons (Fsp3) is 0.600. The fourth-order valence-electron chi connectivity index (χ4n) is 2.62. The van der Waals surface area contributed by atoms with Crippen LogP contribution in [0, 0.1) is 0 Å². The SMILES string of the molecule is CCNC1CCCC(Oc2ccccc2OC)C1. The lowest BCUT2D eigenvalue weighted by atomic mass is 9.93. The Morgan fingerprint density at radius 3 is 2.72 bits per heavy atom. The minimum atomic E-state index is 0.305. The van der Waals surface area contributed by atoms with Crippen molar-refractivity contribution in [3.63, 3.8) is 0 Å². The molecule has 0 radical (unpaired) electrons. The summed E-state index contributed by atoms with van der Waals surface area (Å²) in [5.41, 5.74) is 0. The van der Waals surface area contributed by atoms with Gasteiger partial charge < -0.3 is 14.8 Å². The van der Waals surface area contributed by atoms with Crippen LogP contribution in [0.15, 0.2) is 24.3 Å². The van der Waals surface area contributed by atoms with Crippen molar-refractivity contribution in [1.29, 1.82) is 0 Å². The number of nitrogens with one attached hydrogen (secondary N) is 1. The van der Waals surface area contributed by atoms with Crippen LogP contribution in [-0.2, 0) is 0 Å². The summed E-state index contributed by atoms with van der Waals surface area (Å²) >= 11 is 0. The highest BCUT2D eigenvalue weighted by Gasteiger charge is 2.23. The van der Waals surface area contributed by atoms with Gasteiger partial charge in [0.2, 0.25) is 0 Å². The van der Waals surface area contributed by atoms with Crippen LogP contribution in [0.3, 0.4) is 0 Å². The van der Waals surface area contributed by atoms with Crippen LogP contribution < -0.4 is 14.8 Å². The van der Waals surface area contributed by atoms with E-state index in [9.17, 15) is 0 Å². The first-order valence-corrected chi connectivity index (χ1v) is 6.86. The van der Waals surface area contributed by atoms with Gasteiger partial charge in [0, 0.05) is 6.04 Å². The van der Waals surface area contributed by atoms with Crippen molar-refractivity contribution in [3.05, 3.63) is 24.3 Å². The molecule has 2 atom stereocenters. The third-order valence-electron chi connectivity index (χ3n) is 3.48. The topological polar surface area (TPSA) is 30.5 Å². The Kier molecular flexibility index (Phi) is 4.88. The Hall–Kier alpha value is -1.22. The second kappa shape index (κ2) is 6.64. The third kappa shape index (κ3) is 3.39. The molecule has 1 N–H and O–H groups in total. The quantitative estimate of drug-likeness (QED) is 0.870. The van der Waals surface area contributed by atoms with E-state index in [4.69, 9.17) is 9.47 Å². The zero-order chi connectivity index (χ0) is 12.8. The van der Waals surface area contributed by atoms with E-state index < -0.39 is 0 Å². The summed E-state index contributed by atoms with van der Waals surface area (Å²) in [7, 11) is 1.69. The van der Waals surface area contributed by atoms with Gasteiger partial charge in [-0.2, -0.15) is 0 Å². The van der Waals surface area contributed by atoms with E-state index in [0.717, 1.165) is 30.9 Å². The van der Waals surface area contributed by atoms with Crippen molar-refractivity contribution in [2.24, 2.45) is 0 Å². The molecule has 1 aliphatic carbocycles. The molecule has 3 nitrogen and oxygen atoms in total. The Morgan fingerprint density at radius 1 is 1.22 bits per heavy atom. The maximum absolute atomic E-state index is 6.09. The van der Waals surface area contributed by atoms with Gasteiger partial charge in [-0.3, -0.25) is 0 Å². The van der Waals surface area contributed by atoms with Crippen molar-refractivity contribution < 1.29 is 9.47 Å². The Balaban J connectivity index is 1.96. The lowest BCUT2D eigenvalue weighted by molar-refractivity contribution is 0.131. The van der Waals surface area contributed by atoms with Crippen molar-refractivity contribution in [1.82, 2.24) is 5.32 Å². The molecule has 0 aromatic heterocycles. The van der Waals surface area contributed by atoms with E-state index in [-0.39, 0.29) is 0 Å². The normalized spacial score (nSPS) is 23.7. The Labute approximate surface area is 109 Å². The van der Waals surface area contributed by atoms with Crippen molar-refractivity contribution in [2.75, 3.05) is 13.7 Å². The molecule has 100 valence electrons. The van der Waals surface area contributed by atoms with Gasteiger partial charge in [-0.25, -0.2) is 0 Å². The summed E-state index contributed by atoms with van der Waals surface area (Å²) in [6.45, 7) is 3.19. The molecule has 2 unspecified atom stereocenters. The number of hydrogen-bond donors (Lipinski definition) is 1. The molecule has 1 aromatic rings. The van der Waals surface area contributed by atoms with Crippen LogP contribution in [0.2, 0.25) is 0 Å². The zero-order valence-corrected chi connectivity index (χ0v) is 11.3. The van der Waals surface area contributed by atoms with Gasteiger partial charge in [0.1, 0.15) is 6.10 Å². The van der Waals surface area contributed by atoms with Crippen LogP contribution in [0.1, 0.15) is 32.6 Å². The lowest BCUT2D eigenvalue weighted by Crippen LogP contribution is -2.37. The van der Waals surface area contributed by atoms with Crippen molar-refractivity contribution >= 4 is 0 Å². The maximum atomic E-state index is 6.09. The third-order valence-corrected chi connectivity index (χ3v) is 3.48. The highest BCUT2D eigenvalue weighted by Crippen LogP contribution is 2.30. The molecule has 1 saturated carbocycles. The van der Waals surface area contributed by atoms with Crippen LogP contribution in [0.4, 0.5) is 0 Å².